The second-order valence-corrected chi connectivity index (χ2v) is 7.42. The predicted octanol–water partition coefficient (Wildman–Crippen LogP) is 5.88. The van der Waals surface area contributed by atoms with E-state index in [1.54, 1.807) is 17.0 Å². The molecule has 4 aromatic rings. The zero-order valence-electron chi connectivity index (χ0n) is 16.7. The van der Waals surface area contributed by atoms with Gasteiger partial charge in [-0.25, -0.2) is 0 Å². The van der Waals surface area contributed by atoms with Gasteiger partial charge < -0.3 is 4.57 Å². The summed E-state index contributed by atoms with van der Waals surface area (Å²) in [6, 6.07) is 19.5. The van der Waals surface area contributed by atoms with Crippen molar-refractivity contribution in [2.24, 2.45) is 0 Å². The van der Waals surface area contributed by atoms with Crippen LogP contribution in [-0.4, -0.2) is 14.5 Å². The Labute approximate surface area is 193 Å². The third-order valence-corrected chi connectivity index (χ3v) is 5.02. The molecule has 4 rings (SSSR count). The number of aromatic nitrogens is 3. The van der Waals surface area contributed by atoms with Gasteiger partial charge in [0.1, 0.15) is 0 Å². The molecule has 3 aromatic heterocycles. The van der Waals surface area contributed by atoms with Crippen LogP contribution >= 0.6 is 0 Å². The molecule has 0 bridgehead atoms. The molecule has 0 fully saturated rings. The van der Waals surface area contributed by atoms with Gasteiger partial charge in [0.2, 0.25) is 0 Å². The first-order chi connectivity index (χ1) is 14.2. The molecular formula is C24H18F3N3Pt. The van der Waals surface area contributed by atoms with Crippen LogP contribution in [0.2, 0.25) is 0 Å². The molecule has 7 heteroatoms. The largest absolute Gasteiger partial charge is 2.00 e. The number of hydrogen-bond acceptors (Lipinski definition) is 2. The third kappa shape index (κ3) is 4.80. The quantitative estimate of drug-likeness (QED) is 0.274. The summed E-state index contributed by atoms with van der Waals surface area (Å²) < 4.78 is 41.1. The average molecular weight is 601 g/mol. The van der Waals surface area contributed by atoms with Crippen LogP contribution in [0.3, 0.4) is 0 Å². The van der Waals surface area contributed by atoms with E-state index in [0.29, 0.717) is 11.4 Å². The fourth-order valence-corrected chi connectivity index (χ4v) is 3.20. The number of rotatable bonds is 4. The van der Waals surface area contributed by atoms with Crippen molar-refractivity contribution in [2.45, 2.75) is 25.4 Å². The summed E-state index contributed by atoms with van der Waals surface area (Å²) in [5.41, 5.74) is 1.26. The van der Waals surface area contributed by atoms with Crippen LogP contribution in [-0.2, 0) is 32.7 Å². The molecule has 3 heterocycles. The standard InChI is InChI=1S/C24H18F3N3.Pt/c1-23(2,17-7-5-8-18(15-17)24(25,26)27)19-12-14-30(16-19)22-11-6-10-21(29-22)20-9-3-4-13-28-20;/h3-6,8-15H,1-2H3;/q-2;+2. The van der Waals surface area contributed by atoms with Crippen LogP contribution in [0.25, 0.3) is 17.2 Å². The average Bonchev–Trinajstić information content (AvgIpc) is 3.25. The van der Waals surface area contributed by atoms with Gasteiger partial charge in [0, 0.05) is 6.20 Å². The summed E-state index contributed by atoms with van der Waals surface area (Å²) in [6.45, 7) is 3.71. The molecule has 0 aliphatic heterocycles. The van der Waals surface area contributed by atoms with Crippen LogP contribution < -0.4 is 0 Å². The number of nitrogens with zero attached hydrogens (tertiary/aromatic N) is 3. The van der Waals surface area contributed by atoms with E-state index in [0.717, 1.165) is 29.1 Å². The molecule has 0 amide bonds. The van der Waals surface area contributed by atoms with E-state index in [4.69, 9.17) is 0 Å². The maximum atomic E-state index is 13.1. The SMILES string of the molecule is CC(C)(c1[c-]n(-c2cccc(-c3ccccn3)n2)cc1)c1[c-]ccc(C(F)(F)F)c1.[Pt+2]. The summed E-state index contributed by atoms with van der Waals surface area (Å²) in [5.74, 6) is 0.647. The Kier molecular flexibility index (Phi) is 6.51. The van der Waals surface area contributed by atoms with Gasteiger partial charge in [0.15, 0.2) is 0 Å². The van der Waals surface area contributed by atoms with Gasteiger partial charge in [-0.3, -0.25) is 9.97 Å². The molecule has 31 heavy (non-hydrogen) atoms. The van der Waals surface area contributed by atoms with E-state index in [1.165, 1.54) is 6.07 Å². The molecule has 0 aliphatic rings. The molecule has 0 N–H and O–H groups in total. The number of halogens is 3. The smallest absolute Gasteiger partial charge is 0.435 e. The van der Waals surface area contributed by atoms with Gasteiger partial charge in [-0.15, -0.1) is 11.8 Å². The van der Waals surface area contributed by atoms with Gasteiger partial charge in [-0.1, -0.05) is 43.8 Å². The van der Waals surface area contributed by atoms with Gasteiger partial charge in [0.05, 0.1) is 17.2 Å². The maximum absolute atomic E-state index is 13.1. The van der Waals surface area contributed by atoms with Crippen molar-refractivity contribution in [1.82, 2.24) is 14.5 Å². The van der Waals surface area contributed by atoms with Crippen molar-refractivity contribution in [1.29, 1.82) is 0 Å². The minimum Gasteiger partial charge on any atom is -0.435 e. The maximum Gasteiger partial charge on any atom is 2.00 e. The number of hydrogen-bond donors (Lipinski definition) is 0. The van der Waals surface area contributed by atoms with E-state index in [9.17, 15) is 13.2 Å². The Bertz CT molecular complexity index is 1170. The van der Waals surface area contributed by atoms with Crippen molar-refractivity contribution in [3.63, 3.8) is 0 Å². The molecular weight excluding hydrogens is 582 g/mol. The van der Waals surface area contributed by atoms with E-state index < -0.39 is 17.2 Å². The molecule has 1 aromatic carbocycles. The summed E-state index contributed by atoms with van der Waals surface area (Å²) >= 11 is 0. The fraction of sp³-hybridized carbons (Fsp3) is 0.167. The molecule has 0 saturated carbocycles. The Hall–Kier alpha value is -2.72. The van der Waals surface area contributed by atoms with Crippen LogP contribution in [0.15, 0.2) is 73.1 Å². The Morgan fingerprint density at radius 3 is 2.39 bits per heavy atom. The Balaban J connectivity index is 0.00000272. The van der Waals surface area contributed by atoms with Crippen LogP contribution in [0.5, 0.6) is 0 Å². The first-order valence-electron chi connectivity index (χ1n) is 9.34. The van der Waals surface area contributed by atoms with Crippen molar-refractivity contribution >= 4 is 0 Å². The molecule has 3 nitrogen and oxygen atoms in total. The van der Waals surface area contributed by atoms with Gasteiger partial charge in [0.25, 0.3) is 0 Å². The third-order valence-electron chi connectivity index (χ3n) is 5.02. The molecule has 0 atom stereocenters. The van der Waals surface area contributed by atoms with Crippen LogP contribution in [0.1, 0.15) is 30.5 Å². The predicted molar refractivity (Wildman–Crippen MR) is 108 cm³/mol. The van der Waals surface area contributed by atoms with Crippen LogP contribution in [0.4, 0.5) is 13.2 Å². The van der Waals surface area contributed by atoms with Crippen molar-refractivity contribution in [3.05, 3.63) is 102 Å². The number of alkyl halides is 3. The van der Waals surface area contributed by atoms with Crippen LogP contribution in [0, 0.1) is 12.3 Å². The molecule has 0 aliphatic carbocycles. The molecule has 160 valence electrons. The van der Waals surface area contributed by atoms with Gasteiger partial charge in [-0.05, 0) is 23.6 Å². The van der Waals surface area contributed by atoms with Gasteiger partial charge >= 0.3 is 27.2 Å². The minimum absolute atomic E-state index is 0. The molecule has 0 unspecified atom stereocenters. The zero-order valence-corrected chi connectivity index (χ0v) is 19.0. The minimum atomic E-state index is -4.40. The normalized spacial score (nSPS) is 11.8. The molecule has 0 spiro atoms. The summed E-state index contributed by atoms with van der Waals surface area (Å²) in [6.07, 6.45) is 2.35. The monoisotopic (exact) mass is 600 g/mol. The number of benzene rings is 1. The van der Waals surface area contributed by atoms with E-state index >= 15 is 0 Å². The van der Waals surface area contributed by atoms with Gasteiger partial charge in [-0.2, -0.15) is 49.1 Å². The summed E-state index contributed by atoms with van der Waals surface area (Å²) in [5, 5.41) is 0. The molecule has 0 saturated heterocycles. The Morgan fingerprint density at radius 1 is 0.903 bits per heavy atom. The molecule has 0 radical (unpaired) electrons. The van der Waals surface area contributed by atoms with Crippen molar-refractivity contribution < 1.29 is 34.2 Å². The van der Waals surface area contributed by atoms with E-state index in [1.807, 2.05) is 56.3 Å². The van der Waals surface area contributed by atoms with E-state index in [-0.39, 0.29) is 21.1 Å². The Morgan fingerprint density at radius 2 is 1.68 bits per heavy atom. The topological polar surface area (TPSA) is 30.7 Å². The second-order valence-electron chi connectivity index (χ2n) is 7.42. The summed E-state index contributed by atoms with van der Waals surface area (Å²) in [4.78, 5) is 8.96. The fourth-order valence-electron chi connectivity index (χ4n) is 3.20. The summed E-state index contributed by atoms with van der Waals surface area (Å²) in [7, 11) is 0. The first kappa shape index (κ1) is 23.0. The number of pyridine rings is 2. The zero-order chi connectivity index (χ0) is 21.4. The van der Waals surface area contributed by atoms with E-state index in [2.05, 4.69) is 22.2 Å². The first-order valence-corrected chi connectivity index (χ1v) is 9.34. The van der Waals surface area contributed by atoms with Crippen molar-refractivity contribution in [2.75, 3.05) is 0 Å². The van der Waals surface area contributed by atoms with Crippen molar-refractivity contribution in [3.8, 4) is 17.2 Å². The second kappa shape index (κ2) is 8.80.